The Labute approximate surface area is 116 Å². The predicted octanol–water partition coefficient (Wildman–Crippen LogP) is 1.86. The maximum atomic E-state index is 4.46. The van der Waals surface area contributed by atoms with Crippen LogP contribution in [-0.4, -0.2) is 40.8 Å². The van der Waals surface area contributed by atoms with E-state index in [9.17, 15) is 0 Å². The van der Waals surface area contributed by atoms with E-state index in [1.165, 1.54) is 75.1 Å². The summed E-state index contributed by atoms with van der Waals surface area (Å²) < 4.78 is 0. The Morgan fingerprint density at radius 1 is 1.21 bits per heavy atom. The molecule has 3 rings (SSSR count). The van der Waals surface area contributed by atoms with Gasteiger partial charge in [-0.25, -0.2) is 0 Å². The fourth-order valence-corrected chi connectivity index (χ4v) is 3.40. The standard InChI is InChI=1S/C15H26N4/c1-12(11-19-8-3-2-4-9-19)16-10-15-13-6-5-7-14(13)17-18-15/h12,16H,2-11H2,1H3,(H,17,18). The van der Waals surface area contributed by atoms with Crippen LogP contribution in [0.3, 0.4) is 0 Å². The highest BCUT2D eigenvalue weighted by Gasteiger charge is 2.19. The molecule has 0 radical (unpaired) electrons. The minimum absolute atomic E-state index is 0.548. The number of hydrogen-bond donors (Lipinski definition) is 2. The summed E-state index contributed by atoms with van der Waals surface area (Å²) in [6, 6.07) is 0.548. The molecule has 0 amide bonds. The number of H-pyrrole nitrogens is 1. The second kappa shape index (κ2) is 6.06. The van der Waals surface area contributed by atoms with Crippen molar-refractivity contribution in [1.29, 1.82) is 0 Å². The second-order valence-electron chi connectivity index (χ2n) is 6.12. The zero-order chi connectivity index (χ0) is 13.1. The number of aryl methyl sites for hydroxylation is 1. The van der Waals surface area contributed by atoms with Crippen LogP contribution in [0, 0.1) is 0 Å². The molecule has 0 bridgehead atoms. The Bertz CT molecular complexity index is 406. The van der Waals surface area contributed by atoms with E-state index < -0.39 is 0 Å². The molecule has 1 aromatic heterocycles. The molecular formula is C15H26N4. The minimum Gasteiger partial charge on any atom is -0.307 e. The highest BCUT2D eigenvalue weighted by atomic mass is 15.2. The van der Waals surface area contributed by atoms with Gasteiger partial charge in [-0.05, 0) is 57.7 Å². The molecule has 2 aliphatic rings. The summed E-state index contributed by atoms with van der Waals surface area (Å²) in [5.41, 5.74) is 4.11. The van der Waals surface area contributed by atoms with Gasteiger partial charge in [0.05, 0.1) is 5.69 Å². The minimum atomic E-state index is 0.548. The number of hydrogen-bond acceptors (Lipinski definition) is 3. The van der Waals surface area contributed by atoms with Crippen molar-refractivity contribution in [1.82, 2.24) is 20.4 Å². The first-order valence-electron chi connectivity index (χ1n) is 7.83. The van der Waals surface area contributed by atoms with Crippen molar-refractivity contribution in [2.45, 2.75) is 58.0 Å². The highest BCUT2D eigenvalue weighted by molar-refractivity contribution is 5.29. The predicted molar refractivity (Wildman–Crippen MR) is 77.2 cm³/mol. The largest absolute Gasteiger partial charge is 0.307 e. The van der Waals surface area contributed by atoms with E-state index in [4.69, 9.17) is 0 Å². The lowest BCUT2D eigenvalue weighted by Gasteiger charge is -2.29. The number of likely N-dealkylation sites (tertiary alicyclic amines) is 1. The maximum Gasteiger partial charge on any atom is 0.0794 e. The normalized spacial score (nSPS) is 21.5. The van der Waals surface area contributed by atoms with Crippen LogP contribution in [0.15, 0.2) is 0 Å². The first-order chi connectivity index (χ1) is 9.33. The Hall–Kier alpha value is -0.870. The molecule has 1 saturated heterocycles. The zero-order valence-corrected chi connectivity index (χ0v) is 12.0. The fraction of sp³-hybridized carbons (Fsp3) is 0.800. The van der Waals surface area contributed by atoms with Crippen molar-refractivity contribution in [2.24, 2.45) is 0 Å². The zero-order valence-electron chi connectivity index (χ0n) is 12.0. The van der Waals surface area contributed by atoms with Gasteiger partial charge in [-0.1, -0.05) is 6.42 Å². The lowest BCUT2D eigenvalue weighted by atomic mass is 10.1. The first kappa shape index (κ1) is 13.1. The van der Waals surface area contributed by atoms with E-state index in [0.717, 1.165) is 6.54 Å². The molecule has 0 spiro atoms. The maximum absolute atomic E-state index is 4.46. The number of aromatic amines is 1. The van der Waals surface area contributed by atoms with Gasteiger partial charge < -0.3 is 10.2 Å². The lowest BCUT2D eigenvalue weighted by molar-refractivity contribution is 0.208. The van der Waals surface area contributed by atoms with E-state index in [-0.39, 0.29) is 0 Å². The van der Waals surface area contributed by atoms with Gasteiger partial charge in [0, 0.05) is 24.8 Å². The molecule has 1 aliphatic carbocycles. The molecule has 106 valence electrons. The quantitative estimate of drug-likeness (QED) is 0.851. The molecule has 1 aliphatic heterocycles. The van der Waals surface area contributed by atoms with Gasteiger partial charge in [0.1, 0.15) is 0 Å². The summed E-state index contributed by atoms with van der Waals surface area (Å²) in [7, 11) is 0. The van der Waals surface area contributed by atoms with Crippen LogP contribution in [0.5, 0.6) is 0 Å². The van der Waals surface area contributed by atoms with Crippen LogP contribution in [0.25, 0.3) is 0 Å². The summed E-state index contributed by atoms with van der Waals surface area (Å²) in [4.78, 5) is 2.59. The van der Waals surface area contributed by atoms with Crippen LogP contribution in [0.4, 0.5) is 0 Å². The summed E-state index contributed by atoms with van der Waals surface area (Å²) in [5, 5.41) is 11.3. The third-order valence-electron chi connectivity index (χ3n) is 4.49. The van der Waals surface area contributed by atoms with Gasteiger partial charge in [-0.15, -0.1) is 0 Å². The van der Waals surface area contributed by atoms with Gasteiger partial charge in [0.25, 0.3) is 0 Å². The molecule has 1 fully saturated rings. The Balaban J connectivity index is 1.46. The molecule has 2 heterocycles. The van der Waals surface area contributed by atoms with Gasteiger partial charge in [0.2, 0.25) is 0 Å². The molecule has 1 atom stereocenters. The summed E-state index contributed by atoms with van der Waals surface area (Å²) in [5.74, 6) is 0. The van der Waals surface area contributed by atoms with Gasteiger partial charge >= 0.3 is 0 Å². The molecule has 4 nitrogen and oxygen atoms in total. The highest BCUT2D eigenvalue weighted by Crippen LogP contribution is 2.22. The van der Waals surface area contributed by atoms with Crippen molar-refractivity contribution in [3.05, 3.63) is 17.0 Å². The third-order valence-corrected chi connectivity index (χ3v) is 4.49. The van der Waals surface area contributed by atoms with Crippen LogP contribution in [-0.2, 0) is 19.4 Å². The van der Waals surface area contributed by atoms with Crippen molar-refractivity contribution in [2.75, 3.05) is 19.6 Å². The monoisotopic (exact) mass is 262 g/mol. The smallest absolute Gasteiger partial charge is 0.0794 e. The molecule has 1 aromatic rings. The molecule has 19 heavy (non-hydrogen) atoms. The Morgan fingerprint density at radius 2 is 2.05 bits per heavy atom. The number of rotatable bonds is 5. The topological polar surface area (TPSA) is 44.0 Å². The molecule has 4 heteroatoms. The SMILES string of the molecule is CC(CN1CCCCC1)NCc1n[nH]c2c1CCC2. The van der Waals surface area contributed by atoms with Crippen LogP contribution >= 0.6 is 0 Å². The van der Waals surface area contributed by atoms with Crippen molar-refractivity contribution in [3.8, 4) is 0 Å². The van der Waals surface area contributed by atoms with Crippen LogP contribution in [0.2, 0.25) is 0 Å². The van der Waals surface area contributed by atoms with E-state index in [0.29, 0.717) is 6.04 Å². The van der Waals surface area contributed by atoms with Crippen molar-refractivity contribution in [3.63, 3.8) is 0 Å². The number of nitrogens with one attached hydrogen (secondary N) is 2. The molecule has 1 unspecified atom stereocenters. The Morgan fingerprint density at radius 3 is 2.89 bits per heavy atom. The summed E-state index contributed by atoms with van der Waals surface area (Å²) >= 11 is 0. The number of aromatic nitrogens is 2. The first-order valence-corrected chi connectivity index (χ1v) is 7.83. The molecular weight excluding hydrogens is 236 g/mol. The summed E-state index contributed by atoms with van der Waals surface area (Å²) in [6.07, 6.45) is 7.85. The summed E-state index contributed by atoms with van der Waals surface area (Å²) in [6.45, 7) is 6.95. The lowest BCUT2D eigenvalue weighted by Crippen LogP contribution is -2.41. The molecule has 0 saturated carbocycles. The molecule has 0 aromatic carbocycles. The van der Waals surface area contributed by atoms with Gasteiger partial charge in [-0.2, -0.15) is 5.10 Å². The van der Waals surface area contributed by atoms with Crippen molar-refractivity contribution < 1.29 is 0 Å². The number of fused-ring (bicyclic) bond motifs is 1. The van der Waals surface area contributed by atoms with Crippen molar-refractivity contribution >= 4 is 0 Å². The van der Waals surface area contributed by atoms with E-state index in [2.05, 4.69) is 27.3 Å². The third kappa shape index (κ3) is 3.18. The average molecular weight is 262 g/mol. The Kier molecular flexibility index (Phi) is 4.18. The van der Waals surface area contributed by atoms with E-state index in [1.807, 2.05) is 0 Å². The van der Waals surface area contributed by atoms with Gasteiger partial charge in [0.15, 0.2) is 0 Å². The molecule has 2 N–H and O–H groups in total. The van der Waals surface area contributed by atoms with E-state index >= 15 is 0 Å². The fourth-order valence-electron chi connectivity index (χ4n) is 3.40. The average Bonchev–Trinajstić information content (AvgIpc) is 3.01. The van der Waals surface area contributed by atoms with Crippen LogP contribution in [0.1, 0.15) is 49.6 Å². The number of piperidine rings is 1. The van der Waals surface area contributed by atoms with E-state index in [1.54, 1.807) is 0 Å². The van der Waals surface area contributed by atoms with Gasteiger partial charge in [-0.3, -0.25) is 5.10 Å². The van der Waals surface area contributed by atoms with Crippen LogP contribution < -0.4 is 5.32 Å². The number of nitrogens with zero attached hydrogens (tertiary/aromatic N) is 2. The second-order valence-corrected chi connectivity index (χ2v) is 6.12.